The van der Waals surface area contributed by atoms with Crippen molar-refractivity contribution in [3.63, 3.8) is 0 Å². The molecule has 0 bridgehead atoms. The number of hydrogen-bond acceptors (Lipinski definition) is 1. The van der Waals surface area contributed by atoms with Crippen molar-refractivity contribution in [2.24, 2.45) is 0 Å². The van der Waals surface area contributed by atoms with Crippen LogP contribution in [-0.4, -0.2) is 15.1 Å². The normalized spacial score (nSPS) is 16.9. The molecular weight excluding hydrogens is 311 g/mol. The summed E-state index contributed by atoms with van der Waals surface area (Å²) in [5.74, 6) is 0. The second-order valence-electron chi connectivity index (χ2n) is 6.39. The number of halogens is 3. The smallest absolute Gasteiger partial charge is 0.242 e. The van der Waals surface area contributed by atoms with Gasteiger partial charge in [-0.05, 0) is 39.7 Å². The van der Waals surface area contributed by atoms with Gasteiger partial charge in [-0.25, -0.2) is 8.93 Å². The molecule has 1 aromatic carbocycles. The van der Waals surface area contributed by atoms with E-state index in [9.17, 15) is 17.4 Å². The SMILES string of the molecule is C=C(C)CC(NS(=O)C(C)(C)C)(c1ccccc1)C(F)(F)F. The number of benzene rings is 1. The summed E-state index contributed by atoms with van der Waals surface area (Å²) in [6.45, 7) is 10.0. The quantitative estimate of drug-likeness (QED) is 0.792. The fraction of sp³-hybridized carbons (Fsp3) is 0.500. The van der Waals surface area contributed by atoms with E-state index in [4.69, 9.17) is 0 Å². The molecule has 0 fully saturated rings. The summed E-state index contributed by atoms with van der Waals surface area (Å²) < 4.78 is 55.7. The maximum atomic E-state index is 13.9. The van der Waals surface area contributed by atoms with E-state index in [0.717, 1.165) is 0 Å². The van der Waals surface area contributed by atoms with Gasteiger partial charge in [0, 0.05) is 0 Å². The summed E-state index contributed by atoms with van der Waals surface area (Å²) in [4.78, 5) is 0. The van der Waals surface area contributed by atoms with Crippen LogP contribution in [0.1, 0.15) is 39.7 Å². The van der Waals surface area contributed by atoms with E-state index >= 15 is 0 Å². The zero-order chi connectivity index (χ0) is 17.2. The van der Waals surface area contributed by atoms with Crippen molar-refractivity contribution in [1.82, 2.24) is 4.72 Å². The Labute approximate surface area is 132 Å². The molecule has 0 aliphatic heterocycles. The molecule has 1 rings (SSSR count). The van der Waals surface area contributed by atoms with Crippen molar-refractivity contribution >= 4 is 11.0 Å². The Morgan fingerprint density at radius 1 is 1.18 bits per heavy atom. The Bertz CT molecular complexity index is 549. The van der Waals surface area contributed by atoms with Crippen LogP contribution in [0.15, 0.2) is 42.5 Å². The Morgan fingerprint density at radius 3 is 2.05 bits per heavy atom. The molecule has 0 spiro atoms. The van der Waals surface area contributed by atoms with E-state index in [0.29, 0.717) is 5.57 Å². The lowest BCUT2D eigenvalue weighted by atomic mass is 9.84. The summed E-state index contributed by atoms with van der Waals surface area (Å²) in [5.41, 5.74) is -2.03. The van der Waals surface area contributed by atoms with Crippen molar-refractivity contribution in [3.8, 4) is 0 Å². The van der Waals surface area contributed by atoms with Crippen molar-refractivity contribution in [2.75, 3.05) is 0 Å². The average Bonchev–Trinajstić information content (AvgIpc) is 2.35. The fourth-order valence-electron chi connectivity index (χ4n) is 2.01. The summed E-state index contributed by atoms with van der Waals surface area (Å²) in [6.07, 6.45) is -4.99. The van der Waals surface area contributed by atoms with Gasteiger partial charge in [0.1, 0.15) is 0 Å². The molecule has 22 heavy (non-hydrogen) atoms. The standard InChI is InChI=1S/C16H22F3NOS/c1-12(2)11-15(16(17,18)19,13-9-7-6-8-10-13)20-22(21)14(3,4)5/h6-10,20H,1,11H2,2-5H3. The van der Waals surface area contributed by atoms with Crippen LogP contribution in [-0.2, 0) is 16.5 Å². The van der Waals surface area contributed by atoms with E-state index < -0.39 is 27.4 Å². The molecule has 2 atom stereocenters. The Hall–Kier alpha value is -1.14. The summed E-state index contributed by atoms with van der Waals surface area (Å²) in [6, 6.07) is 7.50. The topological polar surface area (TPSA) is 29.1 Å². The Kier molecular flexibility index (Phi) is 5.62. The monoisotopic (exact) mass is 333 g/mol. The van der Waals surface area contributed by atoms with Gasteiger partial charge in [0.2, 0.25) is 0 Å². The summed E-state index contributed by atoms with van der Waals surface area (Å²) in [7, 11) is -1.88. The highest BCUT2D eigenvalue weighted by atomic mass is 32.2. The first kappa shape index (κ1) is 18.9. The van der Waals surface area contributed by atoms with E-state index in [1.54, 1.807) is 26.8 Å². The molecule has 0 saturated carbocycles. The minimum atomic E-state index is -4.62. The minimum Gasteiger partial charge on any atom is -0.242 e. The number of nitrogens with one attached hydrogen (secondary N) is 1. The Balaban J connectivity index is 3.47. The number of hydrogen-bond donors (Lipinski definition) is 1. The van der Waals surface area contributed by atoms with Gasteiger partial charge >= 0.3 is 6.18 Å². The van der Waals surface area contributed by atoms with Crippen LogP contribution in [0.4, 0.5) is 13.2 Å². The average molecular weight is 333 g/mol. The van der Waals surface area contributed by atoms with E-state index in [1.165, 1.54) is 31.2 Å². The summed E-state index contributed by atoms with van der Waals surface area (Å²) >= 11 is 0. The predicted octanol–water partition coefficient (Wildman–Crippen LogP) is 4.46. The molecule has 0 radical (unpaired) electrons. The van der Waals surface area contributed by atoms with Crippen LogP contribution >= 0.6 is 0 Å². The molecule has 0 aromatic heterocycles. The summed E-state index contributed by atoms with van der Waals surface area (Å²) in [5, 5.41) is 0. The van der Waals surface area contributed by atoms with Crippen molar-refractivity contribution in [2.45, 2.75) is 50.6 Å². The maximum absolute atomic E-state index is 13.9. The number of alkyl halides is 3. The molecule has 0 amide bonds. The van der Waals surface area contributed by atoms with E-state index in [1.807, 2.05) is 0 Å². The highest BCUT2D eigenvalue weighted by Gasteiger charge is 2.57. The molecule has 0 aliphatic rings. The van der Waals surface area contributed by atoms with Crippen LogP contribution in [0.3, 0.4) is 0 Å². The van der Waals surface area contributed by atoms with Crippen molar-refractivity contribution < 1.29 is 17.4 Å². The van der Waals surface area contributed by atoms with Crippen molar-refractivity contribution in [1.29, 1.82) is 0 Å². The second-order valence-corrected chi connectivity index (χ2v) is 8.35. The number of rotatable bonds is 5. The van der Waals surface area contributed by atoms with Gasteiger partial charge in [-0.1, -0.05) is 35.9 Å². The molecule has 0 heterocycles. The zero-order valence-electron chi connectivity index (χ0n) is 13.3. The Morgan fingerprint density at radius 2 is 1.68 bits per heavy atom. The van der Waals surface area contributed by atoms with Crippen LogP contribution in [0.25, 0.3) is 0 Å². The first-order valence-electron chi connectivity index (χ1n) is 6.86. The predicted molar refractivity (Wildman–Crippen MR) is 84.6 cm³/mol. The van der Waals surface area contributed by atoms with Gasteiger partial charge in [-0.3, -0.25) is 0 Å². The molecule has 2 nitrogen and oxygen atoms in total. The molecule has 1 aromatic rings. The lowest BCUT2D eigenvalue weighted by Crippen LogP contribution is -2.57. The highest BCUT2D eigenvalue weighted by Crippen LogP contribution is 2.44. The lowest BCUT2D eigenvalue weighted by Gasteiger charge is -2.38. The molecule has 0 aliphatic carbocycles. The molecule has 2 unspecified atom stereocenters. The van der Waals surface area contributed by atoms with E-state index in [2.05, 4.69) is 11.3 Å². The largest absolute Gasteiger partial charge is 0.411 e. The van der Waals surface area contributed by atoms with Crippen LogP contribution in [0.5, 0.6) is 0 Å². The minimum absolute atomic E-state index is 0.0306. The molecule has 1 N–H and O–H groups in total. The van der Waals surface area contributed by atoms with E-state index in [-0.39, 0.29) is 12.0 Å². The van der Waals surface area contributed by atoms with Gasteiger partial charge in [0.15, 0.2) is 5.54 Å². The molecular formula is C16H22F3NOS. The first-order chi connectivity index (χ1) is 9.90. The second kappa shape index (κ2) is 6.54. The van der Waals surface area contributed by atoms with Crippen LogP contribution in [0, 0.1) is 0 Å². The van der Waals surface area contributed by atoms with Gasteiger partial charge in [0.05, 0.1) is 15.7 Å². The van der Waals surface area contributed by atoms with Crippen LogP contribution in [0.2, 0.25) is 0 Å². The lowest BCUT2D eigenvalue weighted by molar-refractivity contribution is -0.194. The third-order valence-corrected chi connectivity index (χ3v) is 4.79. The highest BCUT2D eigenvalue weighted by molar-refractivity contribution is 7.84. The third-order valence-electron chi connectivity index (χ3n) is 3.14. The molecule has 124 valence electrons. The van der Waals surface area contributed by atoms with Gasteiger partial charge in [-0.15, -0.1) is 6.58 Å². The third kappa shape index (κ3) is 4.20. The zero-order valence-corrected chi connectivity index (χ0v) is 14.1. The first-order valence-corrected chi connectivity index (χ1v) is 8.01. The van der Waals surface area contributed by atoms with Crippen molar-refractivity contribution in [3.05, 3.63) is 48.0 Å². The molecule has 6 heteroatoms. The van der Waals surface area contributed by atoms with Gasteiger partial charge in [0.25, 0.3) is 0 Å². The van der Waals surface area contributed by atoms with Gasteiger partial charge < -0.3 is 0 Å². The maximum Gasteiger partial charge on any atom is 0.411 e. The fourth-order valence-corrected chi connectivity index (χ4v) is 2.93. The van der Waals surface area contributed by atoms with Crippen LogP contribution < -0.4 is 4.72 Å². The molecule has 0 saturated heterocycles. The van der Waals surface area contributed by atoms with Gasteiger partial charge in [-0.2, -0.15) is 13.2 Å².